The highest BCUT2D eigenvalue weighted by Crippen LogP contribution is 2.30. The Balaban J connectivity index is 1.98. The normalized spacial score (nSPS) is 18.8. The lowest BCUT2D eigenvalue weighted by molar-refractivity contribution is 0.295. The Hall–Kier alpha value is -1.40. The average Bonchev–Trinajstić information content (AvgIpc) is 3.37. The van der Waals surface area contributed by atoms with Crippen molar-refractivity contribution in [1.82, 2.24) is 4.31 Å². The fraction of sp³-hybridized carbons (Fsp3) is 0.294. The zero-order valence-corrected chi connectivity index (χ0v) is 14.3. The van der Waals surface area contributed by atoms with Gasteiger partial charge in [-0.2, -0.15) is 4.31 Å². The summed E-state index contributed by atoms with van der Waals surface area (Å²) in [4.78, 5) is 0.202. The van der Waals surface area contributed by atoms with E-state index in [4.69, 9.17) is 16.3 Å². The maximum atomic E-state index is 13.1. The Morgan fingerprint density at radius 1 is 1.22 bits per heavy atom. The number of hydrogen-bond donors (Lipinski definition) is 0. The molecule has 1 fully saturated rings. The topological polar surface area (TPSA) is 49.9 Å². The molecule has 0 N–H and O–H groups in total. The second-order valence-corrected chi connectivity index (χ2v) is 7.90. The van der Waals surface area contributed by atoms with Gasteiger partial charge in [-0.05, 0) is 30.7 Å². The molecule has 2 aromatic rings. The summed E-state index contributed by atoms with van der Waals surface area (Å²) in [5, 5.41) is 0.404. The quantitative estimate of drug-likeness (QED) is 0.748. The summed E-state index contributed by atoms with van der Waals surface area (Å²) in [5.74, 6) is 0. The van der Waals surface area contributed by atoms with Crippen molar-refractivity contribution in [3.05, 3.63) is 65.2 Å². The van der Waals surface area contributed by atoms with Crippen molar-refractivity contribution >= 4 is 21.6 Å². The molecular formula is C17H18ClNO3S. The lowest BCUT2D eigenvalue weighted by Crippen LogP contribution is -2.36. The lowest BCUT2D eigenvalue weighted by atomic mass is 10.1. The molecule has 0 aromatic heterocycles. The summed E-state index contributed by atoms with van der Waals surface area (Å²) in [7, 11) is -3.66. The Kier molecular flexibility index (Phi) is 4.73. The lowest BCUT2D eigenvalue weighted by Gasteiger charge is -2.28. The van der Waals surface area contributed by atoms with E-state index in [1.54, 1.807) is 18.2 Å². The number of halogens is 1. The van der Waals surface area contributed by atoms with Gasteiger partial charge in [0.25, 0.3) is 0 Å². The molecule has 23 heavy (non-hydrogen) atoms. The molecule has 6 heteroatoms. The van der Waals surface area contributed by atoms with Gasteiger partial charge in [-0.1, -0.05) is 48.0 Å². The van der Waals surface area contributed by atoms with Gasteiger partial charge in [0.15, 0.2) is 0 Å². The van der Waals surface area contributed by atoms with Gasteiger partial charge in [0.1, 0.15) is 0 Å². The second-order valence-electron chi connectivity index (χ2n) is 5.57. The largest absolute Gasteiger partial charge is 0.372 e. The minimum atomic E-state index is -3.66. The van der Waals surface area contributed by atoms with Crippen molar-refractivity contribution in [3.8, 4) is 0 Å². The number of ether oxygens (including phenoxy) is 1. The van der Waals surface area contributed by atoms with E-state index in [1.165, 1.54) is 10.4 Å². The molecule has 1 aliphatic rings. The fourth-order valence-corrected chi connectivity index (χ4v) is 4.45. The molecule has 1 saturated heterocycles. The molecule has 0 bridgehead atoms. The molecule has 0 saturated carbocycles. The van der Waals surface area contributed by atoms with Gasteiger partial charge >= 0.3 is 0 Å². The third kappa shape index (κ3) is 3.75. The van der Waals surface area contributed by atoms with Crippen LogP contribution in [0.5, 0.6) is 0 Å². The first-order valence-corrected chi connectivity index (χ1v) is 9.24. The molecule has 0 spiro atoms. The summed E-state index contributed by atoms with van der Waals surface area (Å²) >= 11 is 5.96. The van der Waals surface area contributed by atoms with Gasteiger partial charge in [0.2, 0.25) is 10.0 Å². The molecule has 1 aliphatic heterocycles. The molecule has 2 aromatic carbocycles. The van der Waals surface area contributed by atoms with Crippen molar-refractivity contribution in [2.45, 2.75) is 24.0 Å². The van der Waals surface area contributed by atoms with Gasteiger partial charge in [-0.15, -0.1) is 0 Å². The Labute approximate surface area is 141 Å². The van der Waals surface area contributed by atoms with E-state index >= 15 is 0 Å². The molecule has 0 radical (unpaired) electrons. The van der Waals surface area contributed by atoms with E-state index in [9.17, 15) is 8.42 Å². The SMILES string of the molecule is CC(c1ccccc1)N(CC1CO1)S(=O)(=O)c1cccc(Cl)c1. The standard InChI is InChI=1S/C17H18ClNO3S/c1-13(14-6-3-2-4-7-14)19(11-16-12-22-16)23(20,21)17-9-5-8-15(18)10-17/h2-10,13,16H,11-12H2,1H3. The Bertz CT molecular complexity index is 775. The maximum absolute atomic E-state index is 13.1. The van der Waals surface area contributed by atoms with Crippen LogP contribution in [0.2, 0.25) is 5.02 Å². The maximum Gasteiger partial charge on any atom is 0.243 e. The van der Waals surface area contributed by atoms with Crippen LogP contribution in [0.3, 0.4) is 0 Å². The highest BCUT2D eigenvalue weighted by atomic mass is 35.5. The van der Waals surface area contributed by atoms with Crippen LogP contribution in [-0.2, 0) is 14.8 Å². The van der Waals surface area contributed by atoms with E-state index in [-0.39, 0.29) is 17.0 Å². The number of epoxide rings is 1. The van der Waals surface area contributed by atoms with Crippen LogP contribution in [0.4, 0.5) is 0 Å². The van der Waals surface area contributed by atoms with Crippen molar-refractivity contribution in [2.24, 2.45) is 0 Å². The number of sulfonamides is 1. The molecule has 0 aliphatic carbocycles. The zero-order chi connectivity index (χ0) is 16.4. The molecule has 2 atom stereocenters. The van der Waals surface area contributed by atoms with E-state index < -0.39 is 10.0 Å². The first-order chi connectivity index (χ1) is 11.0. The van der Waals surface area contributed by atoms with Gasteiger partial charge < -0.3 is 4.74 Å². The molecule has 1 heterocycles. The molecular weight excluding hydrogens is 334 g/mol. The van der Waals surface area contributed by atoms with Crippen LogP contribution >= 0.6 is 11.6 Å². The van der Waals surface area contributed by atoms with Crippen molar-refractivity contribution in [3.63, 3.8) is 0 Å². The van der Waals surface area contributed by atoms with Gasteiger partial charge in [0, 0.05) is 17.6 Å². The number of rotatable bonds is 6. The summed E-state index contributed by atoms with van der Waals surface area (Å²) < 4.78 is 32.9. The molecule has 2 unspecified atom stereocenters. The Morgan fingerprint density at radius 2 is 1.91 bits per heavy atom. The summed E-state index contributed by atoms with van der Waals surface area (Å²) in [5.41, 5.74) is 0.943. The number of benzene rings is 2. The van der Waals surface area contributed by atoms with Gasteiger partial charge in [-0.3, -0.25) is 0 Å². The van der Waals surface area contributed by atoms with Crippen molar-refractivity contribution in [1.29, 1.82) is 0 Å². The number of hydrogen-bond acceptors (Lipinski definition) is 3. The number of nitrogens with zero attached hydrogens (tertiary/aromatic N) is 1. The summed E-state index contributed by atoms with van der Waals surface area (Å²) in [6.07, 6.45) is -0.0323. The summed E-state index contributed by atoms with van der Waals surface area (Å²) in [6.45, 7) is 2.83. The van der Waals surface area contributed by atoms with Crippen LogP contribution in [0.25, 0.3) is 0 Å². The van der Waals surface area contributed by atoms with Crippen molar-refractivity contribution in [2.75, 3.05) is 13.2 Å². The van der Waals surface area contributed by atoms with Crippen LogP contribution < -0.4 is 0 Å². The highest BCUT2D eigenvalue weighted by molar-refractivity contribution is 7.89. The van der Waals surface area contributed by atoms with Crippen molar-refractivity contribution < 1.29 is 13.2 Å². The first-order valence-electron chi connectivity index (χ1n) is 7.42. The minimum Gasteiger partial charge on any atom is -0.372 e. The third-order valence-corrected chi connectivity index (χ3v) is 6.07. The molecule has 4 nitrogen and oxygen atoms in total. The van der Waals surface area contributed by atoms with E-state index in [1.807, 2.05) is 37.3 Å². The molecule has 3 rings (SSSR count). The van der Waals surface area contributed by atoms with E-state index in [0.29, 0.717) is 18.2 Å². The average molecular weight is 352 g/mol. The van der Waals surface area contributed by atoms with E-state index in [2.05, 4.69) is 0 Å². The predicted molar refractivity (Wildman–Crippen MR) is 89.9 cm³/mol. The van der Waals surface area contributed by atoms with Crippen LogP contribution in [-0.4, -0.2) is 32.0 Å². The zero-order valence-electron chi connectivity index (χ0n) is 12.7. The first kappa shape index (κ1) is 16.5. The fourth-order valence-electron chi connectivity index (χ4n) is 2.50. The molecule has 0 amide bonds. The highest BCUT2D eigenvalue weighted by Gasteiger charge is 2.36. The van der Waals surface area contributed by atoms with Crippen LogP contribution in [0.1, 0.15) is 18.5 Å². The smallest absolute Gasteiger partial charge is 0.243 e. The van der Waals surface area contributed by atoms with Crippen LogP contribution in [0.15, 0.2) is 59.5 Å². The third-order valence-electron chi connectivity index (χ3n) is 3.90. The Morgan fingerprint density at radius 3 is 2.52 bits per heavy atom. The van der Waals surface area contributed by atoms with Gasteiger partial charge in [-0.25, -0.2) is 8.42 Å². The predicted octanol–water partition coefficient (Wildman–Crippen LogP) is 3.49. The van der Waals surface area contributed by atoms with Crippen LogP contribution in [0, 0.1) is 0 Å². The van der Waals surface area contributed by atoms with E-state index in [0.717, 1.165) is 5.56 Å². The minimum absolute atomic E-state index is 0.0323. The summed E-state index contributed by atoms with van der Waals surface area (Å²) in [6, 6.07) is 15.7. The van der Waals surface area contributed by atoms with Gasteiger partial charge in [0.05, 0.1) is 17.6 Å². The molecule has 122 valence electrons. The second kappa shape index (κ2) is 6.61. The monoisotopic (exact) mass is 351 g/mol.